The van der Waals surface area contributed by atoms with E-state index in [9.17, 15) is 10.1 Å². The summed E-state index contributed by atoms with van der Waals surface area (Å²) in [4.78, 5) is 22.2. The SMILES string of the molecule is Cc1nc(Cl)c([N+](=O)[O-])c(N(S)Cc2ccncc2)n1. The monoisotopic (exact) mass is 311 g/mol. The summed E-state index contributed by atoms with van der Waals surface area (Å²) in [6, 6.07) is 3.56. The number of aromatic nitrogens is 3. The number of aryl methyl sites for hydroxylation is 1. The van der Waals surface area contributed by atoms with Gasteiger partial charge in [-0.2, -0.15) is 0 Å². The van der Waals surface area contributed by atoms with Gasteiger partial charge in [0.05, 0.1) is 11.5 Å². The third kappa shape index (κ3) is 3.14. The molecule has 2 aromatic rings. The van der Waals surface area contributed by atoms with Crippen molar-refractivity contribution < 1.29 is 4.92 Å². The molecule has 0 aliphatic heterocycles. The molecule has 0 spiro atoms. The number of nitrogens with zero attached hydrogens (tertiary/aromatic N) is 5. The summed E-state index contributed by atoms with van der Waals surface area (Å²) >= 11 is 10.1. The number of hydrogen-bond acceptors (Lipinski definition) is 7. The first-order valence-corrected chi connectivity index (χ1v) is 6.30. The molecule has 2 aromatic heterocycles. The standard InChI is InChI=1S/C11H10ClN5O2S/c1-7-14-10(12)9(17(18)19)11(15-7)16(20)6-8-2-4-13-5-3-8/h2-5,20H,6H2,1H3. The van der Waals surface area contributed by atoms with Crippen LogP contribution < -0.4 is 4.31 Å². The predicted molar refractivity (Wildman–Crippen MR) is 77.8 cm³/mol. The number of thiol groups is 1. The highest BCUT2D eigenvalue weighted by Crippen LogP contribution is 2.33. The Kier molecular flexibility index (Phi) is 4.35. The molecular weight excluding hydrogens is 302 g/mol. The van der Waals surface area contributed by atoms with Crippen LogP contribution in [0.4, 0.5) is 11.5 Å². The fourth-order valence-corrected chi connectivity index (χ4v) is 2.17. The third-order valence-electron chi connectivity index (χ3n) is 2.44. The number of halogens is 1. The van der Waals surface area contributed by atoms with Crippen molar-refractivity contribution in [3.63, 3.8) is 0 Å². The zero-order chi connectivity index (χ0) is 14.7. The van der Waals surface area contributed by atoms with Crippen LogP contribution in [0.3, 0.4) is 0 Å². The third-order valence-corrected chi connectivity index (χ3v) is 3.04. The van der Waals surface area contributed by atoms with Gasteiger partial charge in [0.2, 0.25) is 11.0 Å². The molecule has 104 valence electrons. The van der Waals surface area contributed by atoms with Crippen LogP contribution in [0.15, 0.2) is 24.5 Å². The quantitative estimate of drug-likeness (QED) is 0.404. The molecule has 2 heterocycles. The van der Waals surface area contributed by atoms with Crippen LogP contribution in [0, 0.1) is 17.0 Å². The normalized spacial score (nSPS) is 10.3. The van der Waals surface area contributed by atoms with Crippen LogP contribution in [0.25, 0.3) is 0 Å². The van der Waals surface area contributed by atoms with Crippen molar-refractivity contribution >= 4 is 35.9 Å². The Morgan fingerprint density at radius 3 is 2.65 bits per heavy atom. The lowest BCUT2D eigenvalue weighted by atomic mass is 10.2. The molecule has 0 amide bonds. The van der Waals surface area contributed by atoms with Gasteiger partial charge in [0.25, 0.3) is 0 Å². The van der Waals surface area contributed by atoms with E-state index < -0.39 is 4.92 Å². The van der Waals surface area contributed by atoms with Crippen LogP contribution >= 0.6 is 24.4 Å². The molecule has 0 atom stereocenters. The van der Waals surface area contributed by atoms with Crippen LogP contribution in [0.1, 0.15) is 11.4 Å². The summed E-state index contributed by atoms with van der Waals surface area (Å²) in [6.07, 6.45) is 3.26. The van der Waals surface area contributed by atoms with Crippen molar-refractivity contribution in [1.29, 1.82) is 0 Å². The van der Waals surface area contributed by atoms with Gasteiger partial charge in [-0.25, -0.2) is 9.97 Å². The molecule has 0 saturated carbocycles. The van der Waals surface area contributed by atoms with E-state index in [4.69, 9.17) is 11.6 Å². The summed E-state index contributed by atoms with van der Waals surface area (Å²) in [7, 11) is 0. The Hall–Kier alpha value is -1.93. The number of rotatable bonds is 4. The second-order valence-electron chi connectivity index (χ2n) is 3.90. The van der Waals surface area contributed by atoms with Crippen molar-refractivity contribution in [2.45, 2.75) is 13.5 Å². The molecule has 0 aliphatic carbocycles. The van der Waals surface area contributed by atoms with Crippen LogP contribution in [0.2, 0.25) is 5.15 Å². The molecule has 20 heavy (non-hydrogen) atoms. The van der Waals surface area contributed by atoms with Gasteiger partial charge >= 0.3 is 5.69 Å². The molecule has 9 heteroatoms. The maximum absolute atomic E-state index is 11.1. The van der Waals surface area contributed by atoms with E-state index in [1.54, 1.807) is 31.5 Å². The maximum Gasteiger partial charge on any atom is 0.349 e. The van der Waals surface area contributed by atoms with Crippen molar-refractivity contribution in [1.82, 2.24) is 15.0 Å². The molecule has 0 saturated heterocycles. The molecule has 0 radical (unpaired) electrons. The highest BCUT2D eigenvalue weighted by molar-refractivity contribution is 7.81. The first-order valence-electron chi connectivity index (χ1n) is 5.53. The lowest BCUT2D eigenvalue weighted by Gasteiger charge is -2.16. The van der Waals surface area contributed by atoms with E-state index in [0.29, 0.717) is 12.4 Å². The summed E-state index contributed by atoms with van der Waals surface area (Å²) in [6.45, 7) is 1.92. The number of hydrogen-bond donors (Lipinski definition) is 1. The molecule has 0 unspecified atom stereocenters. The smallest absolute Gasteiger partial charge is 0.293 e. The molecular formula is C11H10ClN5O2S. The zero-order valence-electron chi connectivity index (χ0n) is 10.4. The van der Waals surface area contributed by atoms with Crippen LogP contribution in [-0.2, 0) is 6.54 Å². The van der Waals surface area contributed by atoms with Gasteiger partial charge < -0.3 is 0 Å². The Balaban J connectivity index is 2.38. The Labute approximate surface area is 125 Å². The molecule has 2 rings (SSSR count). The first-order chi connectivity index (χ1) is 9.49. The van der Waals surface area contributed by atoms with Gasteiger partial charge in [-0.05, 0) is 24.6 Å². The van der Waals surface area contributed by atoms with Gasteiger partial charge in [-0.3, -0.25) is 19.4 Å². The fourth-order valence-electron chi connectivity index (χ4n) is 1.59. The molecule has 0 aliphatic rings. The lowest BCUT2D eigenvalue weighted by molar-refractivity contribution is -0.384. The molecule has 7 nitrogen and oxygen atoms in total. The molecule has 0 N–H and O–H groups in total. The molecule has 0 aromatic carbocycles. The van der Waals surface area contributed by atoms with Crippen molar-refractivity contribution in [2.75, 3.05) is 4.31 Å². The Morgan fingerprint density at radius 1 is 1.40 bits per heavy atom. The first kappa shape index (κ1) is 14.5. The van der Waals surface area contributed by atoms with E-state index in [1.165, 1.54) is 4.31 Å². The van der Waals surface area contributed by atoms with E-state index in [0.717, 1.165) is 5.56 Å². The second-order valence-corrected chi connectivity index (χ2v) is 4.74. The number of anilines is 1. The van der Waals surface area contributed by atoms with Gasteiger partial charge in [0.15, 0.2) is 0 Å². The predicted octanol–water partition coefficient (Wildman–Crippen LogP) is 2.59. The highest BCUT2D eigenvalue weighted by atomic mass is 35.5. The highest BCUT2D eigenvalue weighted by Gasteiger charge is 2.26. The molecule has 0 fully saturated rings. The van der Waals surface area contributed by atoms with Crippen molar-refractivity contribution in [3.8, 4) is 0 Å². The minimum atomic E-state index is -0.618. The fraction of sp³-hybridized carbons (Fsp3) is 0.182. The Morgan fingerprint density at radius 2 is 2.05 bits per heavy atom. The van der Waals surface area contributed by atoms with Crippen molar-refractivity contribution in [3.05, 3.63) is 51.2 Å². The summed E-state index contributed by atoms with van der Waals surface area (Å²) in [5, 5.41) is 10.9. The van der Waals surface area contributed by atoms with Crippen molar-refractivity contribution in [2.24, 2.45) is 0 Å². The second kappa shape index (κ2) is 6.02. The van der Waals surface area contributed by atoms with E-state index in [-0.39, 0.29) is 16.7 Å². The maximum atomic E-state index is 11.1. The van der Waals surface area contributed by atoms with Gasteiger partial charge in [0, 0.05) is 12.4 Å². The number of nitro groups is 1. The van der Waals surface area contributed by atoms with E-state index in [1.807, 2.05) is 0 Å². The molecule has 0 bridgehead atoms. The topological polar surface area (TPSA) is 85.0 Å². The zero-order valence-corrected chi connectivity index (χ0v) is 12.0. The minimum Gasteiger partial charge on any atom is -0.293 e. The number of pyridine rings is 1. The van der Waals surface area contributed by atoms with Crippen LogP contribution in [-0.4, -0.2) is 19.9 Å². The van der Waals surface area contributed by atoms with Gasteiger partial charge in [0.1, 0.15) is 5.82 Å². The summed E-state index contributed by atoms with van der Waals surface area (Å²) < 4.78 is 1.36. The Bertz CT molecular complexity index is 640. The minimum absolute atomic E-state index is 0.0626. The van der Waals surface area contributed by atoms with E-state index >= 15 is 0 Å². The van der Waals surface area contributed by atoms with E-state index in [2.05, 4.69) is 27.8 Å². The van der Waals surface area contributed by atoms with Crippen LogP contribution in [0.5, 0.6) is 0 Å². The lowest BCUT2D eigenvalue weighted by Crippen LogP contribution is -2.15. The average Bonchev–Trinajstić information content (AvgIpc) is 2.38. The van der Waals surface area contributed by atoms with Gasteiger partial charge in [-0.15, -0.1) is 0 Å². The average molecular weight is 312 g/mol. The van der Waals surface area contributed by atoms with Gasteiger partial charge in [-0.1, -0.05) is 24.4 Å². The summed E-state index contributed by atoms with van der Waals surface area (Å²) in [5.74, 6) is 0.400. The largest absolute Gasteiger partial charge is 0.349 e. The summed E-state index contributed by atoms with van der Waals surface area (Å²) in [5.41, 5.74) is 0.526.